The van der Waals surface area contributed by atoms with E-state index < -0.39 is 0 Å². The van der Waals surface area contributed by atoms with Crippen LogP contribution in [0.3, 0.4) is 0 Å². The molecule has 4 heteroatoms. The average Bonchev–Trinajstić information content (AvgIpc) is 2.38. The first-order valence-corrected chi connectivity index (χ1v) is 5.84. The van der Waals surface area contributed by atoms with Gasteiger partial charge in [-0.15, -0.1) is 0 Å². The molecule has 1 fully saturated rings. The topological polar surface area (TPSA) is 60.2 Å². The van der Waals surface area contributed by atoms with Gasteiger partial charge in [0.25, 0.3) is 0 Å². The highest BCUT2D eigenvalue weighted by Crippen LogP contribution is 2.26. The normalized spacial score (nSPS) is 19.6. The summed E-state index contributed by atoms with van der Waals surface area (Å²) in [6, 6.07) is 4.22. The molecule has 0 spiro atoms. The van der Waals surface area contributed by atoms with Crippen molar-refractivity contribution in [2.45, 2.75) is 25.3 Å². The molecule has 1 aliphatic heterocycles. The van der Waals surface area contributed by atoms with Gasteiger partial charge in [0, 0.05) is 31.6 Å². The van der Waals surface area contributed by atoms with Crippen LogP contribution in [0.5, 0.6) is 0 Å². The monoisotopic (exact) mass is 221 g/mol. The summed E-state index contributed by atoms with van der Waals surface area (Å²) < 4.78 is 5.36. The van der Waals surface area contributed by atoms with E-state index in [4.69, 9.17) is 10.6 Å². The standard InChI is InChI=1S/C12H19N3O/c13-15-12(11-2-1-5-14-9-11)8-10-3-6-16-7-4-10/h1-2,5,9-10,12,15H,3-4,6-8,13H2. The van der Waals surface area contributed by atoms with E-state index in [0.717, 1.165) is 38.0 Å². The van der Waals surface area contributed by atoms with E-state index >= 15 is 0 Å². The largest absolute Gasteiger partial charge is 0.381 e. The van der Waals surface area contributed by atoms with Crippen LogP contribution in [0.15, 0.2) is 24.5 Å². The zero-order valence-corrected chi connectivity index (χ0v) is 9.43. The minimum absolute atomic E-state index is 0.205. The molecule has 2 rings (SSSR count). The number of rotatable bonds is 4. The summed E-state index contributed by atoms with van der Waals surface area (Å²) in [7, 11) is 0. The van der Waals surface area contributed by atoms with Gasteiger partial charge in [-0.1, -0.05) is 6.07 Å². The zero-order valence-electron chi connectivity index (χ0n) is 9.43. The number of pyridine rings is 1. The molecule has 0 bridgehead atoms. The van der Waals surface area contributed by atoms with Crippen molar-refractivity contribution >= 4 is 0 Å². The molecule has 0 saturated carbocycles. The molecule has 1 aromatic rings. The van der Waals surface area contributed by atoms with Gasteiger partial charge in [-0.25, -0.2) is 0 Å². The molecule has 4 nitrogen and oxygen atoms in total. The highest BCUT2D eigenvalue weighted by molar-refractivity contribution is 5.13. The Morgan fingerprint density at radius 3 is 2.94 bits per heavy atom. The van der Waals surface area contributed by atoms with Crippen molar-refractivity contribution in [3.63, 3.8) is 0 Å². The molecule has 88 valence electrons. The van der Waals surface area contributed by atoms with Gasteiger partial charge in [-0.05, 0) is 36.8 Å². The van der Waals surface area contributed by atoms with Gasteiger partial charge in [0.15, 0.2) is 0 Å². The summed E-state index contributed by atoms with van der Waals surface area (Å²) >= 11 is 0. The lowest BCUT2D eigenvalue weighted by molar-refractivity contribution is 0.0605. The molecule has 0 aromatic carbocycles. The molecule has 0 radical (unpaired) electrons. The lowest BCUT2D eigenvalue weighted by Gasteiger charge is -2.26. The van der Waals surface area contributed by atoms with Crippen molar-refractivity contribution in [1.82, 2.24) is 10.4 Å². The molecule has 1 unspecified atom stereocenters. The first kappa shape index (κ1) is 11.5. The van der Waals surface area contributed by atoms with E-state index in [1.165, 1.54) is 0 Å². The first-order chi connectivity index (χ1) is 7.90. The van der Waals surface area contributed by atoms with E-state index in [0.29, 0.717) is 5.92 Å². The maximum Gasteiger partial charge on any atom is 0.0477 e. The lowest BCUT2D eigenvalue weighted by Crippen LogP contribution is -2.31. The number of ether oxygens (including phenoxy) is 1. The summed E-state index contributed by atoms with van der Waals surface area (Å²) in [6.45, 7) is 1.77. The van der Waals surface area contributed by atoms with E-state index in [-0.39, 0.29) is 6.04 Å². The molecule has 0 aliphatic carbocycles. The van der Waals surface area contributed by atoms with E-state index in [9.17, 15) is 0 Å². The van der Waals surface area contributed by atoms with Crippen LogP contribution in [0.2, 0.25) is 0 Å². The number of nitrogens with zero attached hydrogens (tertiary/aromatic N) is 1. The molecular formula is C12H19N3O. The van der Waals surface area contributed by atoms with Crippen molar-refractivity contribution in [2.24, 2.45) is 11.8 Å². The smallest absolute Gasteiger partial charge is 0.0477 e. The molecule has 16 heavy (non-hydrogen) atoms. The average molecular weight is 221 g/mol. The Balaban J connectivity index is 1.94. The minimum atomic E-state index is 0.205. The minimum Gasteiger partial charge on any atom is -0.381 e. The van der Waals surface area contributed by atoms with Crippen molar-refractivity contribution < 1.29 is 4.74 Å². The summed E-state index contributed by atoms with van der Waals surface area (Å²) in [4.78, 5) is 4.13. The molecule has 2 heterocycles. The van der Waals surface area contributed by atoms with Crippen LogP contribution in [0.25, 0.3) is 0 Å². The molecule has 1 aliphatic rings. The fourth-order valence-corrected chi connectivity index (χ4v) is 2.20. The second-order valence-corrected chi connectivity index (χ2v) is 4.30. The van der Waals surface area contributed by atoms with Crippen molar-refractivity contribution in [3.05, 3.63) is 30.1 Å². The van der Waals surface area contributed by atoms with Gasteiger partial charge >= 0.3 is 0 Å². The second-order valence-electron chi connectivity index (χ2n) is 4.30. The summed E-state index contributed by atoms with van der Waals surface area (Å²) in [5.41, 5.74) is 4.05. The van der Waals surface area contributed by atoms with Crippen LogP contribution in [0.1, 0.15) is 30.9 Å². The molecule has 3 N–H and O–H groups in total. The SMILES string of the molecule is NNC(CC1CCOCC1)c1cccnc1. The predicted molar refractivity (Wildman–Crippen MR) is 62.5 cm³/mol. The van der Waals surface area contributed by atoms with Crippen LogP contribution in [0.4, 0.5) is 0 Å². The first-order valence-electron chi connectivity index (χ1n) is 5.84. The van der Waals surface area contributed by atoms with Crippen LogP contribution in [-0.4, -0.2) is 18.2 Å². The van der Waals surface area contributed by atoms with Crippen molar-refractivity contribution in [1.29, 1.82) is 0 Å². The van der Waals surface area contributed by atoms with Gasteiger partial charge in [0.2, 0.25) is 0 Å². The van der Waals surface area contributed by atoms with E-state index in [1.807, 2.05) is 12.3 Å². The Labute approximate surface area is 96.2 Å². The van der Waals surface area contributed by atoms with Gasteiger partial charge in [-0.2, -0.15) is 0 Å². The van der Waals surface area contributed by atoms with Gasteiger partial charge < -0.3 is 4.74 Å². The van der Waals surface area contributed by atoms with Crippen LogP contribution >= 0.6 is 0 Å². The number of hydrazine groups is 1. The number of nitrogens with one attached hydrogen (secondary N) is 1. The zero-order chi connectivity index (χ0) is 11.2. The van der Waals surface area contributed by atoms with Crippen LogP contribution in [0, 0.1) is 5.92 Å². The Bertz CT molecular complexity index is 298. The molecule has 0 amide bonds. The van der Waals surface area contributed by atoms with Gasteiger partial charge in [0.05, 0.1) is 0 Å². The highest BCUT2D eigenvalue weighted by Gasteiger charge is 2.19. The molecule has 1 atom stereocenters. The Hall–Kier alpha value is -0.970. The van der Waals surface area contributed by atoms with E-state index in [1.54, 1.807) is 6.20 Å². The number of nitrogens with two attached hydrogens (primary N) is 1. The summed E-state index contributed by atoms with van der Waals surface area (Å²) in [5, 5.41) is 0. The van der Waals surface area contributed by atoms with Crippen molar-refractivity contribution in [3.8, 4) is 0 Å². The Kier molecular flexibility index (Phi) is 4.27. The third-order valence-electron chi connectivity index (χ3n) is 3.20. The lowest BCUT2D eigenvalue weighted by atomic mass is 9.90. The third kappa shape index (κ3) is 3.01. The second kappa shape index (κ2) is 5.94. The molecule has 1 saturated heterocycles. The predicted octanol–water partition coefficient (Wildman–Crippen LogP) is 1.40. The summed E-state index contributed by atoms with van der Waals surface area (Å²) in [6.07, 6.45) is 7.00. The maximum atomic E-state index is 5.61. The van der Waals surface area contributed by atoms with Crippen molar-refractivity contribution in [2.75, 3.05) is 13.2 Å². The van der Waals surface area contributed by atoms with Crippen LogP contribution in [-0.2, 0) is 4.74 Å². The third-order valence-corrected chi connectivity index (χ3v) is 3.20. The highest BCUT2D eigenvalue weighted by atomic mass is 16.5. The van der Waals surface area contributed by atoms with Gasteiger partial charge in [-0.3, -0.25) is 16.3 Å². The molecule has 1 aromatic heterocycles. The number of hydrogen-bond donors (Lipinski definition) is 2. The quantitative estimate of drug-likeness (QED) is 0.596. The Morgan fingerprint density at radius 2 is 2.31 bits per heavy atom. The maximum absolute atomic E-state index is 5.61. The number of hydrogen-bond acceptors (Lipinski definition) is 4. The van der Waals surface area contributed by atoms with Gasteiger partial charge in [0.1, 0.15) is 0 Å². The summed E-state index contributed by atoms with van der Waals surface area (Å²) in [5.74, 6) is 6.32. The fraction of sp³-hybridized carbons (Fsp3) is 0.583. The van der Waals surface area contributed by atoms with Crippen LogP contribution < -0.4 is 11.3 Å². The molecular weight excluding hydrogens is 202 g/mol. The number of aromatic nitrogens is 1. The fourth-order valence-electron chi connectivity index (χ4n) is 2.20. The van der Waals surface area contributed by atoms with E-state index in [2.05, 4.69) is 16.5 Å². The Morgan fingerprint density at radius 1 is 1.50 bits per heavy atom.